The van der Waals surface area contributed by atoms with Crippen molar-refractivity contribution in [1.82, 2.24) is 0 Å². The molecule has 1 unspecified atom stereocenters. The van der Waals surface area contributed by atoms with E-state index in [1.807, 2.05) is 0 Å². The van der Waals surface area contributed by atoms with E-state index in [4.69, 9.17) is 18.0 Å². The van der Waals surface area contributed by atoms with Crippen molar-refractivity contribution in [2.45, 2.75) is 18.6 Å². The first-order valence-corrected chi connectivity index (χ1v) is 7.34. The van der Waals surface area contributed by atoms with Gasteiger partial charge in [0.1, 0.15) is 11.1 Å². The molecule has 1 aromatic carbocycles. The number of fused-ring (bicyclic) bond motifs is 1. The summed E-state index contributed by atoms with van der Waals surface area (Å²) < 4.78 is 39.0. The number of nitrogens with zero attached hydrogens (tertiary/aromatic N) is 1. The van der Waals surface area contributed by atoms with Crippen LogP contribution in [0, 0.1) is 5.82 Å². The standard InChI is InChI=1S/C11H13FN2O2S2/c1-7(11(13)17)18(15,16)14-5-4-8-2-3-9(12)6-10(8)14/h2-3,6-7H,4-5H2,1H3,(H2,13,17). The van der Waals surface area contributed by atoms with Crippen LogP contribution in [-0.4, -0.2) is 25.2 Å². The molecule has 0 aromatic heterocycles. The fourth-order valence-corrected chi connectivity index (χ4v) is 3.75. The fraction of sp³-hybridized carbons (Fsp3) is 0.364. The molecule has 2 rings (SSSR count). The van der Waals surface area contributed by atoms with Gasteiger partial charge in [0.15, 0.2) is 0 Å². The zero-order chi connectivity index (χ0) is 13.5. The van der Waals surface area contributed by atoms with Gasteiger partial charge in [0, 0.05) is 6.54 Å². The van der Waals surface area contributed by atoms with Crippen LogP contribution in [0.4, 0.5) is 10.1 Å². The first-order chi connectivity index (χ1) is 8.34. The van der Waals surface area contributed by atoms with E-state index in [0.29, 0.717) is 18.7 Å². The van der Waals surface area contributed by atoms with Crippen LogP contribution in [0.25, 0.3) is 0 Å². The van der Waals surface area contributed by atoms with Gasteiger partial charge >= 0.3 is 0 Å². The largest absolute Gasteiger partial charge is 0.392 e. The van der Waals surface area contributed by atoms with Gasteiger partial charge in [-0.05, 0) is 31.0 Å². The first-order valence-electron chi connectivity index (χ1n) is 5.43. The van der Waals surface area contributed by atoms with Crippen LogP contribution in [0.1, 0.15) is 12.5 Å². The second kappa shape index (κ2) is 4.47. The minimum Gasteiger partial charge on any atom is -0.392 e. The van der Waals surface area contributed by atoms with Crippen molar-refractivity contribution in [3.63, 3.8) is 0 Å². The molecule has 98 valence electrons. The summed E-state index contributed by atoms with van der Waals surface area (Å²) in [6.45, 7) is 1.74. The van der Waals surface area contributed by atoms with Crippen LogP contribution in [0.15, 0.2) is 18.2 Å². The van der Waals surface area contributed by atoms with E-state index in [1.54, 1.807) is 6.07 Å². The molecule has 0 saturated heterocycles. The van der Waals surface area contributed by atoms with E-state index >= 15 is 0 Å². The molecule has 1 aromatic rings. The van der Waals surface area contributed by atoms with Crippen LogP contribution in [0.5, 0.6) is 0 Å². The molecule has 0 amide bonds. The summed E-state index contributed by atoms with van der Waals surface area (Å²) in [5.74, 6) is -0.459. The second-order valence-electron chi connectivity index (χ2n) is 4.18. The van der Waals surface area contributed by atoms with Crippen molar-refractivity contribution in [1.29, 1.82) is 0 Å². The van der Waals surface area contributed by atoms with Gasteiger partial charge in [-0.1, -0.05) is 18.3 Å². The van der Waals surface area contributed by atoms with Crippen molar-refractivity contribution >= 4 is 32.9 Å². The highest BCUT2D eigenvalue weighted by Crippen LogP contribution is 2.32. The number of thiocarbonyl (C=S) groups is 1. The van der Waals surface area contributed by atoms with E-state index in [-0.39, 0.29) is 4.99 Å². The van der Waals surface area contributed by atoms with Gasteiger partial charge in [-0.2, -0.15) is 0 Å². The Morgan fingerprint density at radius 1 is 1.56 bits per heavy atom. The number of nitrogens with two attached hydrogens (primary N) is 1. The zero-order valence-electron chi connectivity index (χ0n) is 9.76. The third-order valence-electron chi connectivity index (χ3n) is 3.05. The van der Waals surface area contributed by atoms with Crippen molar-refractivity contribution in [3.8, 4) is 0 Å². The number of benzene rings is 1. The molecule has 1 aliphatic rings. The number of anilines is 1. The number of rotatable bonds is 3. The van der Waals surface area contributed by atoms with E-state index in [0.717, 1.165) is 5.56 Å². The topological polar surface area (TPSA) is 63.4 Å². The van der Waals surface area contributed by atoms with Gasteiger partial charge in [-0.15, -0.1) is 0 Å². The molecule has 1 aliphatic heterocycles. The van der Waals surface area contributed by atoms with Crippen LogP contribution in [0.2, 0.25) is 0 Å². The molecular formula is C11H13FN2O2S2. The van der Waals surface area contributed by atoms with Gasteiger partial charge in [-0.25, -0.2) is 12.8 Å². The van der Waals surface area contributed by atoms with E-state index in [9.17, 15) is 12.8 Å². The number of sulfonamides is 1. The maximum absolute atomic E-state index is 13.2. The third-order valence-corrected chi connectivity index (χ3v) is 5.70. The fourth-order valence-electron chi connectivity index (χ4n) is 1.92. The average molecular weight is 288 g/mol. The average Bonchev–Trinajstić information content (AvgIpc) is 2.71. The third kappa shape index (κ3) is 2.08. The molecule has 4 nitrogen and oxygen atoms in total. The highest BCUT2D eigenvalue weighted by Gasteiger charge is 2.35. The predicted molar refractivity (Wildman–Crippen MR) is 72.6 cm³/mol. The molecule has 7 heteroatoms. The quantitative estimate of drug-likeness (QED) is 0.849. The van der Waals surface area contributed by atoms with Crippen molar-refractivity contribution in [2.24, 2.45) is 5.73 Å². The summed E-state index contributed by atoms with van der Waals surface area (Å²) >= 11 is 4.72. The minimum atomic E-state index is -3.67. The summed E-state index contributed by atoms with van der Waals surface area (Å²) in [5, 5.41) is -0.957. The molecule has 0 bridgehead atoms. The van der Waals surface area contributed by atoms with E-state index < -0.39 is 21.1 Å². The van der Waals surface area contributed by atoms with Crippen molar-refractivity contribution in [3.05, 3.63) is 29.6 Å². The van der Waals surface area contributed by atoms with Gasteiger partial charge in [0.2, 0.25) is 10.0 Å². The Kier molecular flexibility index (Phi) is 3.29. The zero-order valence-corrected chi connectivity index (χ0v) is 11.4. The van der Waals surface area contributed by atoms with Crippen LogP contribution >= 0.6 is 12.2 Å². The molecular weight excluding hydrogens is 275 g/mol. The normalized spacial score (nSPS) is 16.4. The van der Waals surface area contributed by atoms with Crippen LogP contribution in [-0.2, 0) is 16.4 Å². The summed E-state index contributed by atoms with van der Waals surface area (Å²) in [7, 11) is -3.67. The van der Waals surface area contributed by atoms with Gasteiger partial charge in [-0.3, -0.25) is 4.31 Å². The second-order valence-corrected chi connectivity index (χ2v) is 6.83. The van der Waals surface area contributed by atoms with Crippen LogP contribution in [0.3, 0.4) is 0 Å². The maximum Gasteiger partial charge on any atom is 0.244 e. The lowest BCUT2D eigenvalue weighted by molar-refractivity contribution is 0.589. The minimum absolute atomic E-state index is 0.0835. The lowest BCUT2D eigenvalue weighted by Gasteiger charge is -2.23. The molecule has 18 heavy (non-hydrogen) atoms. The Bertz CT molecular complexity index is 601. The number of hydrogen-bond donors (Lipinski definition) is 1. The molecule has 0 fully saturated rings. The number of hydrogen-bond acceptors (Lipinski definition) is 3. The monoisotopic (exact) mass is 288 g/mol. The lowest BCUT2D eigenvalue weighted by atomic mass is 10.2. The Hall–Kier alpha value is -1.21. The van der Waals surface area contributed by atoms with Gasteiger partial charge < -0.3 is 5.73 Å². The highest BCUT2D eigenvalue weighted by molar-refractivity contribution is 7.95. The molecule has 1 atom stereocenters. The Balaban J connectivity index is 2.45. The molecule has 0 saturated carbocycles. The Labute approximate surface area is 111 Å². The molecule has 1 heterocycles. The molecule has 0 aliphatic carbocycles. The van der Waals surface area contributed by atoms with Crippen molar-refractivity contribution in [2.75, 3.05) is 10.8 Å². The molecule has 0 spiro atoms. The molecule has 2 N–H and O–H groups in total. The summed E-state index contributed by atoms with van der Waals surface area (Å²) in [6.07, 6.45) is 0.568. The van der Waals surface area contributed by atoms with Gasteiger partial charge in [0.05, 0.1) is 10.7 Å². The van der Waals surface area contributed by atoms with Crippen LogP contribution < -0.4 is 10.0 Å². The SMILES string of the molecule is CC(C(N)=S)S(=O)(=O)N1CCc2ccc(F)cc21. The molecule has 0 radical (unpaired) electrons. The lowest BCUT2D eigenvalue weighted by Crippen LogP contribution is -2.42. The van der Waals surface area contributed by atoms with E-state index in [1.165, 1.54) is 23.4 Å². The Morgan fingerprint density at radius 3 is 2.83 bits per heavy atom. The van der Waals surface area contributed by atoms with Crippen molar-refractivity contribution < 1.29 is 12.8 Å². The summed E-state index contributed by atoms with van der Waals surface area (Å²) in [6, 6.07) is 4.16. The Morgan fingerprint density at radius 2 is 2.22 bits per heavy atom. The first kappa shape index (κ1) is 13.2. The van der Waals surface area contributed by atoms with E-state index in [2.05, 4.69) is 0 Å². The maximum atomic E-state index is 13.2. The smallest absolute Gasteiger partial charge is 0.244 e. The summed E-state index contributed by atoms with van der Waals surface area (Å²) in [5.41, 5.74) is 6.59. The predicted octanol–water partition coefficient (Wildman–Crippen LogP) is 1.19. The van der Waals surface area contributed by atoms with Gasteiger partial charge in [0.25, 0.3) is 0 Å². The highest BCUT2D eigenvalue weighted by atomic mass is 32.2. The number of halogens is 1. The summed E-state index contributed by atoms with van der Waals surface area (Å²) in [4.78, 5) is -0.0835.